The third-order valence-corrected chi connectivity index (χ3v) is 6.82. The first-order valence-corrected chi connectivity index (χ1v) is 13.1. The number of benzene rings is 3. The normalized spacial score (nSPS) is 11.6. The van der Waals surface area contributed by atoms with Crippen LogP contribution in [0.5, 0.6) is 0 Å². The third-order valence-electron chi connectivity index (χ3n) is 5.33. The zero-order valence-electron chi connectivity index (χ0n) is 19.0. The summed E-state index contributed by atoms with van der Waals surface area (Å²) >= 11 is 4.79. The molecular formula is C27H28BrFN2O2S. The van der Waals surface area contributed by atoms with E-state index in [4.69, 9.17) is 0 Å². The maximum atomic E-state index is 14.0. The van der Waals surface area contributed by atoms with Gasteiger partial charge in [-0.1, -0.05) is 76.6 Å². The Morgan fingerprint density at radius 3 is 2.32 bits per heavy atom. The first kappa shape index (κ1) is 26.0. The predicted molar refractivity (Wildman–Crippen MR) is 140 cm³/mol. The number of carbonyl (C=O) groups is 2. The minimum Gasteiger partial charge on any atom is -0.355 e. The molecule has 4 nitrogen and oxygen atoms in total. The highest BCUT2D eigenvalue weighted by molar-refractivity contribution is 9.10. The van der Waals surface area contributed by atoms with Gasteiger partial charge >= 0.3 is 0 Å². The maximum absolute atomic E-state index is 14.0. The molecular weight excluding hydrogens is 515 g/mol. The molecule has 1 N–H and O–H groups in total. The second-order valence-electron chi connectivity index (χ2n) is 7.83. The fourth-order valence-electron chi connectivity index (χ4n) is 3.58. The molecule has 3 aromatic carbocycles. The lowest BCUT2D eigenvalue weighted by atomic mass is 10.0. The van der Waals surface area contributed by atoms with Crippen molar-refractivity contribution in [2.24, 2.45) is 0 Å². The van der Waals surface area contributed by atoms with Crippen molar-refractivity contribution in [2.75, 3.05) is 12.3 Å². The summed E-state index contributed by atoms with van der Waals surface area (Å²) in [6, 6.07) is 23.3. The van der Waals surface area contributed by atoms with Crippen molar-refractivity contribution in [3.63, 3.8) is 0 Å². The van der Waals surface area contributed by atoms with Crippen LogP contribution in [-0.4, -0.2) is 35.1 Å². The summed E-state index contributed by atoms with van der Waals surface area (Å²) < 4.78 is 14.9. The minimum atomic E-state index is -0.660. The summed E-state index contributed by atoms with van der Waals surface area (Å²) in [7, 11) is 0. The number of hydrogen-bond donors (Lipinski definition) is 1. The molecule has 0 fully saturated rings. The standard InChI is InChI=1S/C27H28BrFN2O2S/c1-2-30-27(33)25(16-20-8-4-3-5-9-20)31(17-21-12-14-23(28)15-13-21)26(32)19-34-18-22-10-6-7-11-24(22)29/h3-15,25H,2,16-19H2,1H3,(H,30,33)/t25-/m0/s1. The summed E-state index contributed by atoms with van der Waals surface area (Å²) in [6.07, 6.45) is 0.410. The fraction of sp³-hybridized carbons (Fsp3) is 0.259. The van der Waals surface area contributed by atoms with Crippen molar-refractivity contribution in [1.29, 1.82) is 0 Å². The Morgan fingerprint density at radius 1 is 0.971 bits per heavy atom. The predicted octanol–water partition coefficient (Wildman–Crippen LogP) is 5.60. The van der Waals surface area contributed by atoms with Crippen molar-refractivity contribution in [3.05, 3.63) is 106 Å². The summed E-state index contributed by atoms with van der Waals surface area (Å²) in [5.74, 6) is -0.0873. The monoisotopic (exact) mass is 542 g/mol. The smallest absolute Gasteiger partial charge is 0.243 e. The Balaban J connectivity index is 1.82. The molecule has 0 saturated heterocycles. The Bertz CT molecular complexity index is 1080. The SMILES string of the molecule is CCNC(=O)[C@H](Cc1ccccc1)N(Cc1ccc(Br)cc1)C(=O)CSCc1ccccc1F. The molecule has 0 spiro atoms. The van der Waals surface area contributed by atoms with E-state index in [0.717, 1.165) is 15.6 Å². The van der Waals surface area contributed by atoms with Crippen LogP contribution in [0.25, 0.3) is 0 Å². The lowest BCUT2D eigenvalue weighted by molar-refractivity contribution is -0.139. The number of hydrogen-bond acceptors (Lipinski definition) is 3. The molecule has 34 heavy (non-hydrogen) atoms. The molecule has 0 heterocycles. The van der Waals surface area contributed by atoms with Crippen molar-refractivity contribution < 1.29 is 14.0 Å². The van der Waals surface area contributed by atoms with E-state index in [0.29, 0.717) is 30.8 Å². The molecule has 0 bridgehead atoms. The number of carbonyl (C=O) groups excluding carboxylic acids is 2. The van der Waals surface area contributed by atoms with E-state index >= 15 is 0 Å². The Hall–Kier alpha value is -2.64. The fourth-order valence-corrected chi connectivity index (χ4v) is 4.74. The van der Waals surface area contributed by atoms with Crippen LogP contribution in [0.2, 0.25) is 0 Å². The van der Waals surface area contributed by atoms with E-state index in [1.165, 1.54) is 17.8 Å². The first-order chi connectivity index (χ1) is 16.5. The zero-order valence-corrected chi connectivity index (χ0v) is 21.4. The number of amides is 2. The number of thioether (sulfide) groups is 1. The molecule has 0 radical (unpaired) electrons. The third kappa shape index (κ3) is 7.71. The van der Waals surface area contributed by atoms with Crippen LogP contribution in [-0.2, 0) is 28.3 Å². The largest absolute Gasteiger partial charge is 0.355 e. The Kier molecular flexibility index (Phi) is 10.2. The molecule has 0 unspecified atom stereocenters. The van der Waals surface area contributed by atoms with Gasteiger partial charge in [0.1, 0.15) is 11.9 Å². The van der Waals surface area contributed by atoms with E-state index in [1.807, 2.05) is 61.5 Å². The number of halogens is 2. The summed E-state index contributed by atoms with van der Waals surface area (Å²) in [5.41, 5.74) is 2.47. The number of nitrogens with zero attached hydrogens (tertiary/aromatic N) is 1. The first-order valence-electron chi connectivity index (χ1n) is 11.1. The molecule has 1 atom stereocenters. The van der Waals surface area contributed by atoms with Crippen molar-refractivity contribution >= 4 is 39.5 Å². The number of rotatable bonds is 11. The molecule has 0 aliphatic carbocycles. The molecule has 3 aromatic rings. The van der Waals surface area contributed by atoms with Crippen molar-refractivity contribution in [1.82, 2.24) is 10.2 Å². The van der Waals surface area contributed by atoms with Gasteiger partial charge in [0.2, 0.25) is 11.8 Å². The molecule has 178 valence electrons. The highest BCUT2D eigenvalue weighted by atomic mass is 79.9. The Labute approximate surface area is 213 Å². The lowest BCUT2D eigenvalue weighted by Gasteiger charge is -2.31. The molecule has 7 heteroatoms. The van der Waals surface area contributed by atoms with Crippen molar-refractivity contribution in [3.8, 4) is 0 Å². The van der Waals surface area contributed by atoms with Crippen LogP contribution in [0.3, 0.4) is 0 Å². The summed E-state index contributed by atoms with van der Waals surface area (Å²) in [4.78, 5) is 28.2. The molecule has 2 amide bonds. The number of likely N-dealkylation sites (N-methyl/N-ethyl adjacent to an activating group) is 1. The average Bonchev–Trinajstić information content (AvgIpc) is 2.84. The Morgan fingerprint density at radius 2 is 1.65 bits per heavy atom. The van der Waals surface area contributed by atoms with Gasteiger partial charge in [0.05, 0.1) is 5.75 Å². The van der Waals surface area contributed by atoms with E-state index in [2.05, 4.69) is 21.2 Å². The van der Waals surface area contributed by atoms with Gasteiger partial charge in [-0.2, -0.15) is 0 Å². The average molecular weight is 544 g/mol. The molecule has 0 aliphatic heterocycles. The minimum absolute atomic E-state index is 0.148. The van der Waals surface area contributed by atoms with Crippen LogP contribution < -0.4 is 5.32 Å². The van der Waals surface area contributed by atoms with E-state index < -0.39 is 6.04 Å². The quantitative estimate of drug-likeness (QED) is 0.343. The van der Waals surface area contributed by atoms with Gasteiger partial charge in [-0.3, -0.25) is 9.59 Å². The molecule has 3 rings (SSSR count). The molecule has 0 saturated carbocycles. The van der Waals surface area contributed by atoms with Gasteiger partial charge in [0.15, 0.2) is 0 Å². The zero-order chi connectivity index (χ0) is 24.3. The van der Waals surface area contributed by atoms with Gasteiger partial charge in [-0.15, -0.1) is 11.8 Å². The summed E-state index contributed by atoms with van der Waals surface area (Å²) in [5, 5.41) is 2.89. The number of nitrogens with one attached hydrogen (secondary N) is 1. The van der Waals surface area contributed by atoms with Crippen LogP contribution in [0.1, 0.15) is 23.6 Å². The van der Waals surface area contributed by atoms with Crippen molar-refractivity contribution in [2.45, 2.75) is 31.7 Å². The second kappa shape index (κ2) is 13.3. The molecule has 0 aromatic heterocycles. The summed E-state index contributed by atoms with van der Waals surface area (Å²) in [6.45, 7) is 2.65. The second-order valence-corrected chi connectivity index (χ2v) is 9.73. The van der Waals surface area contributed by atoms with Crippen LogP contribution in [0.4, 0.5) is 4.39 Å². The highest BCUT2D eigenvalue weighted by Crippen LogP contribution is 2.20. The lowest BCUT2D eigenvalue weighted by Crippen LogP contribution is -2.51. The van der Waals surface area contributed by atoms with Gasteiger partial charge in [0, 0.05) is 29.7 Å². The van der Waals surface area contributed by atoms with E-state index in [9.17, 15) is 14.0 Å². The van der Waals surface area contributed by atoms with Gasteiger partial charge in [-0.05, 0) is 41.8 Å². The van der Waals surface area contributed by atoms with Gasteiger partial charge < -0.3 is 10.2 Å². The van der Waals surface area contributed by atoms with Gasteiger partial charge in [-0.25, -0.2) is 4.39 Å². The highest BCUT2D eigenvalue weighted by Gasteiger charge is 2.30. The van der Waals surface area contributed by atoms with E-state index in [1.54, 1.807) is 23.1 Å². The van der Waals surface area contributed by atoms with Crippen LogP contribution in [0, 0.1) is 5.82 Å². The van der Waals surface area contributed by atoms with Crippen LogP contribution >= 0.6 is 27.7 Å². The van der Waals surface area contributed by atoms with Crippen LogP contribution in [0.15, 0.2) is 83.3 Å². The topological polar surface area (TPSA) is 49.4 Å². The molecule has 0 aliphatic rings. The van der Waals surface area contributed by atoms with E-state index in [-0.39, 0.29) is 23.4 Å². The van der Waals surface area contributed by atoms with Gasteiger partial charge in [0.25, 0.3) is 0 Å². The maximum Gasteiger partial charge on any atom is 0.243 e.